The Kier molecular flexibility index (Phi) is 8.96. The Balaban J connectivity index is 1.74. The first-order chi connectivity index (χ1) is 12.7. The maximum atomic E-state index is 5.77. The maximum absolute atomic E-state index is 5.77. The topological polar surface area (TPSA) is 58.5 Å². The third kappa shape index (κ3) is 7.04. The average molecular weight is 375 g/mol. The van der Waals surface area contributed by atoms with Crippen LogP contribution in [0.5, 0.6) is 5.75 Å². The van der Waals surface area contributed by atoms with Gasteiger partial charge in [0, 0.05) is 37.6 Å². The molecule has 0 spiro atoms. The number of thiazole rings is 1. The van der Waals surface area contributed by atoms with Crippen molar-refractivity contribution in [3.8, 4) is 5.75 Å². The molecule has 142 valence electrons. The van der Waals surface area contributed by atoms with Crippen LogP contribution in [-0.4, -0.2) is 31.1 Å². The molecule has 0 radical (unpaired) electrons. The van der Waals surface area contributed by atoms with Crippen molar-refractivity contribution in [3.63, 3.8) is 0 Å². The molecule has 1 aromatic carbocycles. The van der Waals surface area contributed by atoms with Gasteiger partial charge in [0.1, 0.15) is 5.75 Å². The van der Waals surface area contributed by atoms with Gasteiger partial charge in [0.25, 0.3) is 0 Å². The molecule has 0 fully saturated rings. The summed E-state index contributed by atoms with van der Waals surface area (Å²) in [4.78, 5) is 10.1. The van der Waals surface area contributed by atoms with E-state index in [2.05, 4.69) is 46.6 Å². The molecule has 0 amide bonds. The maximum Gasteiger partial charge on any atom is 0.191 e. The number of nitrogens with one attached hydrogen (secondary N) is 2. The fourth-order valence-corrected chi connectivity index (χ4v) is 3.26. The van der Waals surface area contributed by atoms with Crippen LogP contribution in [0.3, 0.4) is 0 Å². The van der Waals surface area contributed by atoms with Crippen molar-refractivity contribution in [2.45, 2.75) is 46.1 Å². The molecule has 0 atom stereocenters. The van der Waals surface area contributed by atoms with E-state index >= 15 is 0 Å². The highest BCUT2D eigenvalue weighted by Gasteiger charge is 2.03. The van der Waals surface area contributed by atoms with Gasteiger partial charge in [0.15, 0.2) is 5.96 Å². The van der Waals surface area contributed by atoms with Crippen LogP contribution >= 0.6 is 11.3 Å². The minimum absolute atomic E-state index is 0.710. The van der Waals surface area contributed by atoms with Gasteiger partial charge in [-0.25, -0.2) is 4.98 Å². The van der Waals surface area contributed by atoms with Crippen molar-refractivity contribution >= 4 is 17.3 Å². The molecule has 0 bridgehead atoms. The number of nitrogens with zero attached hydrogens (tertiary/aromatic N) is 2. The number of hydrogen-bond donors (Lipinski definition) is 2. The summed E-state index contributed by atoms with van der Waals surface area (Å²) in [7, 11) is 1.79. The Morgan fingerprint density at radius 1 is 1.27 bits per heavy atom. The van der Waals surface area contributed by atoms with Gasteiger partial charge in [-0.1, -0.05) is 32.4 Å². The molecule has 0 saturated carbocycles. The molecule has 0 saturated heterocycles. The van der Waals surface area contributed by atoms with Crippen LogP contribution in [0.2, 0.25) is 0 Å². The molecule has 5 nitrogen and oxygen atoms in total. The lowest BCUT2D eigenvalue weighted by molar-refractivity contribution is 0.309. The van der Waals surface area contributed by atoms with Crippen LogP contribution in [-0.2, 0) is 19.4 Å². The first kappa shape index (κ1) is 20.2. The molecule has 2 aromatic rings. The molecule has 1 aromatic heterocycles. The molecule has 0 aliphatic rings. The van der Waals surface area contributed by atoms with Crippen LogP contribution < -0.4 is 15.4 Å². The fourth-order valence-electron chi connectivity index (χ4n) is 2.40. The summed E-state index contributed by atoms with van der Waals surface area (Å²) in [6.07, 6.45) is 6.16. The highest BCUT2D eigenvalue weighted by atomic mass is 32.1. The van der Waals surface area contributed by atoms with E-state index in [4.69, 9.17) is 4.74 Å². The van der Waals surface area contributed by atoms with Crippen LogP contribution in [0, 0.1) is 0 Å². The zero-order chi connectivity index (χ0) is 18.6. The predicted molar refractivity (Wildman–Crippen MR) is 110 cm³/mol. The molecule has 2 rings (SSSR count). The second-order valence-electron chi connectivity index (χ2n) is 6.03. The monoisotopic (exact) mass is 374 g/mol. The zero-order valence-corrected chi connectivity index (χ0v) is 16.9. The van der Waals surface area contributed by atoms with E-state index in [0.29, 0.717) is 6.54 Å². The molecule has 26 heavy (non-hydrogen) atoms. The van der Waals surface area contributed by atoms with Crippen LogP contribution in [0.25, 0.3) is 0 Å². The summed E-state index contributed by atoms with van der Waals surface area (Å²) >= 11 is 1.79. The Morgan fingerprint density at radius 2 is 2.15 bits per heavy atom. The number of unbranched alkanes of at least 4 members (excludes halogenated alkanes) is 1. The first-order valence-electron chi connectivity index (χ1n) is 9.35. The van der Waals surface area contributed by atoms with E-state index in [1.54, 1.807) is 18.4 Å². The van der Waals surface area contributed by atoms with Crippen LogP contribution in [0.1, 0.15) is 42.1 Å². The van der Waals surface area contributed by atoms with Crippen molar-refractivity contribution in [3.05, 3.63) is 45.9 Å². The number of ether oxygens (including phenoxy) is 1. The van der Waals surface area contributed by atoms with Gasteiger partial charge in [0.05, 0.1) is 11.6 Å². The largest absolute Gasteiger partial charge is 0.494 e. The number of benzene rings is 1. The lowest BCUT2D eigenvalue weighted by Crippen LogP contribution is -2.37. The summed E-state index contributed by atoms with van der Waals surface area (Å²) < 4.78 is 5.77. The van der Waals surface area contributed by atoms with E-state index in [-0.39, 0.29) is 0 Å². The molecule has 0 aliphatic carbocycles. The molecular weight excluding hydrogens is 344 g/mol. The Morgan fingerprint density at radius 3 is 2.88 bits per heavy atom. The zero-order valence-electron chi connectivity index (χ0n) is 16.0. The van der Waals surface area contributed by atoms with Gasteiger partial charge in [-0.05, 0) is 30.5 Å². The lowest BCUT2D eigenvalue weighted by Gasteiger charge is -2.12. The smallest absolute Gasteiger partial charge is 0.191 e. The quantitative estimate of drug-likeness (QED) is 0.377. The van der Waals surface area contributed by atoms with Crippen molar-refractivity contribution in [1.82, 2.24) is 15.6 Å². The minimum atomic E-state index is 0.710. The number of aliphatic imine (C=N–C) groups is 1. The van der Waals surface area contributed by atoms with E-state index in [0.717, 1.165) is 50.5 Å². The highest BCUT2D eigenvalue weighted by molar-refractivity contribution is 7.11. The minimum Gasteiger partial charge on any atom is -0.494 e. The summed E-state index contributed by atoms with van der Waals surface area (Å²) in [5.41, 5.74) is 1.18. The van der Waals surface area contributed by atoms with Gasteiger partial charge in [-0.2, -0.15) is 0 Å². The fraction of sp³-hybridized carbons (Fsp3) is 0.500. The van der Waals surface area contributed by atoms with Gasteiger partial charge >= 0.3 is 0 Å². The SMILES string of the molecule is CCCCOc1cccc(CNC(=NC)NCCc2ncc(CC)s2)c1. The number of aromatic nitrogens is 1. The van der Waals surface area contributed by atoms with Gasteiger partial charge in [-0.3, -0.25) is 4.99 Å². The highest BCUT2D eigenvalue weighted by Crippen LogP contribution is 2.14. The molecule has 6 heteroatoms. The van der Waals surface area contributed by atoms with Crippen LogP contribution in [0.4, 0.5) is 0 Å². The predicted octanol–water partition coefficient (Wildman–Crippen LogP) is 3.79. The second-order valence-corrected chi connectivity index (χ2v) is 7.23. The van der Waals surface area contributed by atoms with Gasteiger partial charge < -0.3 is 15.4 Å². The van der Waals surface area contributed by atoms with E-state index in [1.165, 1.54) is 15.4 Å². The Bertz CT molecular complexity index is 684. The summed E-state index contributed by atoms with van der Waals surface area (Å²) in [5, 5.41) is 7.86. The number of rotatable bonds is 10. The summed E-state index contributed by atoms with van der Waals surface area (Å²) in [6, 6.07) is 8.21. The Hall–Kier alpha value is -2.08. The van der Waals surface area contributed by atoms with Crippen molar-refractivity contribution in [2.24, 2.45) is 4.99 Å². The first-order valence-corrected chi connectivity index (χ1v) is 10.2. The number of aryl methyl sites for hydroxylation is 1. The normalized spacial score (nSPS) is 11.4. The standard InChI is InChI=1S/C20H30N4OS/c1-4-6-12-25-17-9-7-8-16(13-17)14-24-20(21-3)22-11-10-19-23-15-18(5-2)26-19/h7-9,13,15H,4-6,10-12,14H2,1-3H3,(H2,21,22,24). The third-order valence-corrected chi connectivity index (χ3v) is 5.13. The van der Waals surface area contributed by atoms with Crippen molar-refractivity contribution in [1.29, 1.82) is 0 Å². The van der Waals surface area contributed by atoms with Crippen molar-refractivity contribution < 1.29 is 4.74 Å². The molecular formula is C20H30N4OS. The van der Waals surface area contributed by atoms with E-state index in [9.17, 15) is 0 Å². The van der Waals surface area contributed by atoms with E-state index in [1.807, 2.05) is 18.3 Å². The second kappa shape index (κ2) is 11.5. The molecule has 2 N–H and O–H groups in total. The summed E-state index contributed by atoms with van der Waals surface area (Å²) in [5.74, 6) is 1.73. The molecule has 0 aliphatic heterocycles. The lowest BCUT2D eigenvalue weighted by atomic mass is 10.2. The molecule has 1 heterocycles. The molecule has 0 unspecified atom stereocenters. The van der Waals surface area contributed by atoms with Gasteiger partial charge in [0.2, 0.25) is 0 Å². The third-order valence-electron chi connectivity index (χ3n) is 3.93. The Labute approximate surface area is 160 Å². The average Bonchev–Trinajstić information content (AvgIpc) is 3.13. The summed E-state index contributed by atoms with van der Waals surface area (Å²) in [6.45, 7) is 6.62. The van der Waals surface area contributed by atoms with E-state index < -0.39 is 0 Å². The van der Waals surface area contributed by atoms with Crippen molar-refractivity contribution in [2.75, 3.05) is 20.2 Å². The van der Waals surface area contributed by atoms with Gasteiger partial charge in [-0.15, -0.1) is 11.3 Å². The number of hydrogen-bond acceptors (Lipinski definition) is 4. The van der Waals surface area contributed by atoms with Crippen LogP contribution in [0.15, 0.2) is 35.5 Å². The number of guanidine groups is 1.